The first kappa shape index (κ1) is 16.7. The zero-order chi connectivity index (χ0) is 15.0. The van der Waals surface area contributed by atoms with Gasteiger partial charge in [0, 0.05) is 12.2 Å². The lowest BCUT2D eigenvalue weighted by atomic mass is 10.0. The molecule has 0 saturated heterocycles. The normalized spacial score (nSPS) is 16.4. The lowest BCUT2D eigenvalue weighted by Gasteiger charge is -2.27. The summed E-state index contributed by atoms with van der Waals surface area (Å²) in [5, 5.41) is 11.9. The number of hydrogen-bond acceptors (Lipinski definition) is 3. The van der Waals surface area contributed by atoms with Crippen LogP contribution in [0.15, 0.2) is 11.8 Å². The van der Waals surface area contributed by atoms with E-state index in [1.807, 2.05) is 13.8 Å². The molecule has 1 atom stereocenters. The van der Waals surface area contributed by atoms with Crippen molar-refractivity contribution < 1.29 is 14.7 Å². The largest absolute Gasteiger partial charge is 0.480 e. The van der Waals surface area contributed by atoms with Crippen LogP contribution >= 0.6 is 0 Å². The van der Waals surface area contributed by atoms with Crippen LogP contribution in [0.3, 0.4) is 0 Å². The highest BCUT2D eigenvalue weighted by Gasteiger charge is 2.21. The monoisotopic (exact) mass is 282 g/mol. The van der Waals surface area contributed by atoms with E-state index in [1.54, 1.807) is 4.90 Å². The standard InChI is InChI=1S/C15H26N2O3/c1-3-8-13(15(19)20)16-11-14(18)17(4-2)12-9-6-5-7-10-12/h9,13,16H,3-8,10-11H2,1-2H3,(H,19,20). The number of allylic oxidation sites excluding steroid dienone is 2. The van der Waals surface area contributed by atoms with E-state index in [1.165, 1.54) is 6.42 Å². The van der Waals surface area contributed by atoms with Crippen molar-refractivity contribution in [1.29, 1.82) is 0 Å². The highest BCUT2D eigenvalue weighted by Crippen LogP contribution is 2.20. The quantitative estimate of drug-likeness (QED) is 0.715. The van der Waals surface area contributed by atoms with Gasteiger partial charge in [-0.25, -0.2) is 0 Å². The Morgan fingerprint density at radius 2 is 2.15 bits per heavy atom. The molecule has 0 saturated carbocycles. The first-order chi connectivity index (χ1) is 9.60. The van der Waals surface area contributed by atoms with Gasteiger partial charge in [-0.15, -0.1) is 0 Å². The van der Waals surface area contributed by atoms with Gasteiger partial charge in [0.1, 0.15) is 6.04 Å². The molecule has 0 heterocycles. The Balaban J connectivity index is 2.54. The molecule has 1 amide bonds. The van der Waals surface area contributed by atoms with Crippen molar-refractivity contribution in [3.05, 3.63) is 11.8 Å². The average molecular weight is 282 g/mol. The Kier molecular flexibility index (Phi) is 7.30. The maximum absolute atomic E-state index is 12.2. The van der Waals surface area contributed by atoms with Crippen LogP contribution in [-0.2, 0) is 9.59 Å². The van der Waals surface area contributed by atoms with Gasteiger partial charge in [-0.05, 0) is 39.0 Å². The van der Waals surface area contributed by atoms with E-state index in [0.717, 1.165) is 31.4 Å². The maximum atomic E-state index is 12.2. The van der Waals surface area contributed by atoms with E-state index in [9.17, 15) is 9.59 Å². The predicted molar refractivity (Wildman–Crippen MR) is 78.3 cm³/mol. The molecule has 5 heteroatoms. The fourth-order valence-corrected chi connectivity index (χ4v) is 2.51. The second-order valence-electron chi connectivity index (χ2n) is 5.14. The third kappa shape index (κ3) is 4.96. The number of carboxylic acid groups (broad SMARTS) is 1. The molecule has 1 aliphatic carbocycles. The van der Waals surface area contributed by atoms with Crippen molar-refractivity contribution in [1.82, 2.24) is 10.2 Å². The van der Waals surface area contributed by atoms with Gasteiger partial charge < -0.3 is 10.0 Å². The third-order valence-corrected chi connectivity index (χ3v) is 3.61. The second kappa shape index (κ2) is 8.74. The maximum Gasteiger partial charge on any atom is 0.320 e. The molecule has 0 aromatic carbocycles. The third-order valence-electron chi connectivity index (χ3n) is 3.61. The lowest BCUT2D eigenvalue weighted by molar-refractivity contribution is -0.139. The molecule has 0 fully saturated rings. The van der Waals surface area contributed by atoms with Gasteiger partial charge in [0.15, 0.2) is 0 Å². The van der Waals surface area contributed by atoms with Crippen molar-refractivity contribution in [2.24, 2.45) is 0 Å². The van der Waals surface area contributed by atoms with Crippen LogP contribution in [0.2, 0.25) is 0 Å². The summed E-state index contributed by atoms with van der Waals surface area (Å²) in [5.74, 6) is -0.928. The van der Waals surface area contributed by atoms with Gasteiger partial charge in [-0.2, -0.15) is 0 Å². The number of nitrogens with zero attached hydrogens (tertiary/aromatic N) is 1. The van der Waals surface area contributed by atoms with E-state index >= 15 is 0 Å². The number of aliphatic carboxylic acids is 1. The fraction of sp³-hybridized carbons (Fsp3) is 0.733. The molecule has 5 nitrogen and oxygen atoms in total. The smallest absolute Gasteiger partial charge is 0.320 e. The van der Waals surface area contributed by atoms with Gasteiger partial charge in [0.05, 0.1) is 6.54 Å². The molecule has 0 aliphatic heterocycles. The minimum Gasteiger partial charge on any atom is -0.480 e. The van der Waals surface area contributed by atoms with Gasteiger partial charge >= 0.3 is 5.97 Å². The van der Waals surface area contributed by atoms with Crippen molar-refractivity contribution >= 4 is 11.9 Å². The Morgan fingerprint density at radius 1 is 1.40 bits per heavy atom. The lowest BCUT2D eigenvalue weighted by Crippen LogP contribution is -2.44. The molecule has 0 aromatic rings. The summed E-state index contributed by atoms with van der Waals surface area (Å²) in [6, 6.07) is -0.636. The molecule has 0 spiro atoms. The molecule has 2 N–H and O–H groups in total. The van der Waals surface area contributed by atoms with Crippen LogP contribution in [0.4, 0.5) is 0 Å². The number of carbonyl (C=O) groups excluding carboxylic acids is 1. The zero-order valence-electron chi connectivity index (χ0n) is 12.5. The summed E-state index contributed by atoms with van der Waals surface area (Å²) in [5.41, 5.74) is 1.09. The molecule has 1 rings (SSSR count). The highest BCUT2D eigenvalue weighted by atomic mass is 16.4. The summed E-state index contributed by atoms with van der Waals surface area (Å²) >= 11 is 0. The van der Waals surface area contributed by atoms with E-state index in [0.29, 0.717) is 13.0 Å². The Labute approximate surface area is 121 Å². The van der Waals surface area contributed by atoms with Crippen molar-refractivity contribution in [2.45, 2.75) is 58.4 Å². The summed E-state index contributed by atoms with van der Waals surface area (Å²) in [7, 11) is 0. The van der Waals surface area contributed by atoms with Crippen molar-refractivity contribution in [3.63, 3.8) is 0 Å². The molecule has 114 valence electrons. The number of rotatable bonds is 8. The van der Waals surface area contributed by atoms with E-state index < -0.39 is 12.0 Å². The number of nitrogens with one attached hydrogen (secondary N) is 1. The molecular formula is C15H26N2O3. The Bertz CT molecular complexity index is 366. The summed E-state index contributed by atoms with van der Waals surface area (Å²) in [6.45, 7) is 4.61. The van der Waals surface area contributed by atoms with Crippen LogP contribution in [0.25, 0.3) is 0 Å². The summed E-state index contributed by atoms with van der Waals surface area (Å²) in [6.07, 6.45) is 7.72. The van der Waals surface area contributed by atoms with Crippen LogP contribution in [0.5, 0.6) is 0 Å². The van der Waals surface area contributed by atoms with Crippen LogP contribution in [0, 0.1) is 0 Å². The van der Waals surface area contributed by atoms with Crippen LogP contribution in [0.1, 0.15) is 52.4 Å². The Morgan fingerprint density at radius 3 is 2.65 bits per heavy atom. The Hall–Kier alpha value is -1.36. The minimum absolute atomic E-state index is 0.0389. The minimum atomic E-state index is -0.889. The molecule has 1 unspecified atom stereocenters. The molecule has 1 aliphatic rings. The van der Waals surface area contributed by atoms with E-state index in [4.69, 9.17) is 5.11 Å². The number of carbonyl (C=O) groups is 2. The molecule has 0 aromatic heterocycles. The van der Waals surface area contributed by atoms with E-state index in [-0.39, 0.29) is 12.5 Å². The first-order valence-electron chi connectivity index (χ1n) is 7.55. The number of hydrogen-bond donors (Lipinski definition) is 2. The predicted octanol–water partition coefficient (Wildman–Crippen LogP) is 2.14. The van der Waals surface area contributed by atoms with Crippen molar-refractivity contribution in [3.8, 4) is 0 Å². The summed E-state index contributed by atoms with van der Waals surface area (Å²) < 4.78 is 0. The fourth-order valence-electron chi connectivity index (χ4n) is 2.51. The number of likely N-dealkylation sites (N-methyl/N-ethyl adjacent to an activating group) is 1. The number of amides is 1. The second-order valence-corrected chi connectivity index (χ2v) is 5.14. The van der Waals surface area contributed by atoms with Crippen LogP contribution in [-0.4, -0.2) is 41.0 Å². The molecule has 0 radical (unpaired) electrons. The van der Waals surface area contributed by atoms with Crippen LogP contribution < -0.4 is 5.32 Å². The van der Waals surface area contributed by atoms with Gasteiger partial charge in [0.2, 0.25) is 5.91 Å². The topological polar surface area (TPSA) is 69.6 Å². The SMILES string of the molecule is CCCC(NCC(=O)N(CC)C1=CCCCC1)C(=O)O. The van der Waals surface area contributed by atoms with E-state index in [2.05, 4.69) is 11.4 Å². The summed E-state index contributed by atoms with van der Waals surface area (Å²) in [4.78, 5) is 25.1. The first-order valence-corrected chi connectivity index (χ1v) is 7.55. The van der Waals surface area contributed by atoms with Gasteiger partial charge in [-0.3, -0.25) is 14.9 Å². The number of carboxylic acids is 1. The van der Waals surface area contributed by atoms with Gasteiger partial charge in [-0.1, -0.05) is 19.4 Å². The van der Waals surface area contributed by atoms with Gasteiger partial charge in [0.25, 0.3) is 0 Å². The molecule has 0 bridgehead atoms. The molecule has 20 heavy (non-hydrogen) atoms. The van der Waals surface area contributed by atoms with Crippen molar-refractivity contribution in [2.75, 3.05) is 13.1 Å². The highest BCUT2D eigenvalue weighted by molar-refractivity contribution is 5.81. The zero-order valence-corrected chi connectivity index (χ0v) is 12.5. The molecular weight excluding hydrogens is 256 g/mol. The average Bonchev–Trinajstić information content (AvgIpc) is 2.45.